The molecule has 1 unspecified atom stereocenters. The van der Waals surface area contributed by atoms with Gasteiger partial charge in [0.2, 0.25) is 10.0 Å². The minimum Gasteiger partial charge on any atom is -0.496 e. The number of aryl methyl sites for hydroxylation is 3. The summed E-state index contributed by atoms with van der Waals surface area (Å²) in [5.74, 6) is 0.718. The number of morpholine rings is 1. The Kier molecular flexibility index (Phi) is 6.95. The maximum atomic E-state index is 13.0. The van der Waals surface area contributed by atoms with Crippen molar-refractivity contribution in [1.82, 2.24) is 9.62 Å². The molecule has 1 aliphatic heterocycles. The standard InChI is InChI=1S/C22H30N2O4S/c1-16-6-5-7-19(12-16)21(24-8-10-28-11-9-24)15-23-29(25,26)20-13-17(2)22(27-4)18(3)14-20/h5-7,12-14,21,23H,8-11,15H2,1-4H3. The lowest BCUT2D eigenvalue weighted by atomic mass is 10.0. The van der Waals surface area contributed by atoms with Gasteiger partial charge < -0.3 is 9.47 Å². The first-order valence-corrected chi connectivity index (χ1v) is 11.3. The number of rotatable bonds is 7. The van der Waals surface area contributed by atoms with Crippen LogP contribution in [-0.2, 0) is 14.8 Å². The molecule has 1 heterocycles. The summed E-state index contributed by atoms with van der Waals surface area (Å²) in [4.78, 5) is 2.55. The smallest absolute Gasteiger partial charge is 0.240 e. The minimum absolute atomic E-state index is 0.0472. The Morgan fingerprint density at radius 1 is 1.10 bits per heavy atom. The van der Waals surface area contributed by atoms with Gasteiger partial charge in [0.05, 0.1) is 25.2 Å². The van der Waals surface area contributed by atoms with Crippen LogP contribution < -0.4 is 9.46 Å². The summed E-state index contributed by atoms with van der Waals surface area (Å²) in [6.07, 6.45) is 0. The second-order valence-corrected chi connectivity index (χ2v) is 9.29. The van der Waals surface area contributed by atoms with Crippen molar-refractivity contribution in [1.29, 1.82) is 0 Å². The van der Waals surface area contributed by atoms with E-state index in [1.807, 2.05) is 32.9 Å². The van der Waals surface area contributed by atoms with Crippen LogP contribution in [0.2, 0.25) is 0 Å². The normalized spacial score (nSPS) is 16.6. The predicted molar refractivity (Wildman–Crippen MR) is 114 cm³/mol. The molecule has 0 saturated carbocycles. The fourth-order valence-electron chi connectivity index (χ4n) is 3.88. The second-order valence-electron chi connectivity index (χ2n) is 7.52. The van der Waals surface area contributed by atoms with E-state index in [9.17, 15) is 8.42 Å². The Hall–Kier alpha value is -1.93. The first kappa shape index (κ1) is 21.8. The Morgan fingerprint density at radius 2 is 1.76 bits per heavy atom. The number of sulfonamides is 1. The van der Waals surface area contributed by atoms with Gasteiger partial charge in [0.1, 0.15) is 5.75 Å². The average Bonchev–Trinajstić information content (AvgIpc) is 2.69. The first-order chi connectivity index (χ1) is 13.8. The first-order valence-electron chi connectivity index (χ1n) is 9.85. The van der Waals surface area contributed by atoms with Crippen LogP contribution in [0.15, 0.2) is 41.3 Å². The quantitative estimate of drug-likeness (QED) is 0.749. The van der Waals surface area contributed by atoms with Gasteiger partial charge in [0, 0.05) is 25.7 Å². The lowest BCUT2D eigenvalue weighted by Crippen LogP contribution is -2.43. The molecule has 1 saturated heterocycles. The number of ether oxygens (including phenoxy) is 2. The zero-order valence-corrected chi connectivity index (χ0v) is 18.4. The highest BCUT2D eigenvalue weighted by Gasteiger charge is 2.25. The topological polar surface area (TPSA) is 67.9 Å². The summed E-state index contributed by atoms with van der Waals surface area (Å²) >= 11 is 0. The number of methoxy groups -OCH3 is 1. The molecule has 0 aromatic heterocycles. The predicted octanol–water partition coefficient (Wildman–Crippen LogP) is 2.97. The lowest BCUT2D eigenvalue weighted by Gasteiger charge is -2.35. The van der Waals surface area contributed by atoms with E-state index in [4.69, 9.17) is 9.47 Å². The van der Waals surface area contributed by atoms with Crippen LogP contribution in [0.5, 0.6) is 5.75 Å². The van der Waals surface area contributed by atoms with Crippen molar-refractivity contribution in [3.63, 3.8) is 0 Å². The molecule has 0 bridgehead atoms. The highest BCUT2D eigenvalue weighted by Crippen LogP contribution is 2.27. The third kappa shape index (κ3) is 5.17. The van der Waals surface area contributed by atoms with E-state index in [-0.39, 0.29) is 10.9 Å². The number of nitrogens with one attached hydrogen (secondary N) is 1. The third-order valence-corrected chi connectivity index (χ3v) is 6.73. The zero-order chi connectivity index (χ0) is 21.0. The van der Waals surface area contributed by atoms with Crippen molar-refractivity contribution < 1.29 is 17.9 Å². The van der Waals surface area contributed by atoms with E-state index in [2.05, 4.69) is 21.8 Å². The monoisotopic (exact) mass is 418 g/mol. The minimum atomic E-state index is -3.65. The van der Waals surface area contributed by atoms with E-state index in [0.717, 1.165) is 41.1 Å². The highest BCUT2D eigenvalue weighted by molar-refractivity contribution is 7.89. The molecule has 0 amide bonds. The van der Waals surface area contributed by atoms with Crippen molar-refractivity contribution in [2.24, 2.45) is 0 Å². The van der Waals surface area contributed by atoms with Crippen LogP contribution in [0.3, 0.4) is 0 Å². The molecule has 0 radical (unpaired) electrons. The molecule has 1 fully saturated rings. The fourth-order valence-corrected chi connectivity index (χ4v) is 5.09. The molecule has 3 rings (SSSR count). The molecule has 2 aromatic carbocycles. The van der Waals surface area contributed by atoms with Crippen LogP contribution >= 0.6 is 0 Å². The molecule has 6 nitrogen and oxygen atoms in total. The van der Waals surface area contributed by atoms with Gasteiger partial charge in [-0.25, -0.2) is 13.1 Å². The third-order valence-electron chi connectivity index (χ3n) is 5.33. The molecule has 1 N–H and O–H groups in total. The van der Waals surface area contributed by atoms with Crippen LogP contribution in [0, 0.1) is 20.8 Å². The van der Waals surface area contributed by atoms with Crippen molar-refractivity contribution in [3.05, 3.63) is 58.7 Å². The Balaban J connectivity index is 1.84. The summed E-state index contributed by atoms with van der Waals surface area (Å²) in [7, 11) is -2.05. The molecule has 1 aliphatic rings. The number of hydrogen-bond donors (Lipinski definition) is 1. The van der Waals surface area contributed by atoms with Gasteiger partial charge in [0.15, 0.2) is 0 Å². The molecule has 0 aliphatic carbocycles. The number of nitrogens with zero attached hydrogens (tertiary/aromatic N) is 1. The van der Waals surface area contributed by atoms with E-state index < -0.39 is 10.0 Å². The zero-order valence-electron chi connectivity index (χ0n) is 17.6. The Morgan fingerprint density at radius 3 is 2.34 bits per heavy atom. The van der Waals surface area contributed by atoms with E-state index in [1.165, 1.54) is 0 Å². The number of hydrogen-bond acceptors (Lipinski definition) is 5. The second kappa shape index (κ2) is 9.26. The van der Waals surface area contributed by atoms with Crippen molar-refractivity contribution in [3.8, 4) is 5.75 Å². The van der Waals surface area contributed by atoms with Crippen molar-refractivity contribution in [2.45, 2.75) is 31.7 Å². The van der Waals surface area contributed by atoms with Crippen molar-refractivity contribution in [2.75, 3.05) is 40.0 Å². The Labute approximate surface area is 173 Å². The van der Waals surface area contributed by atoms with Gasteiger partial charge >= 0.3 is 0 Å². The van der Waals surface area contributed by atoms with Crippen LogP contribution in [0.25, 0.3) is 0 Å². The van der Waals surface area contributed by atoms with Crippen molar-refractivity contribution >= 4 is 10.0 Å². The molecule has 1 atom stereocenters. The van der Waals surface area contributed by atoms with Gasteiger partial charge in [0.25, 0.3) is 0 Å². The summed E-state index contributed by atoms with van der Waals surface area (Å²) in [6, 6.07) is 11.5. The molecular formula is C22H30N2O4S. The molecule has 7 heteroatoms. The van der Waals surface area contributed by atoms with E-state index in [1.54, 1.807) is 19.2 Å². The van der Waals surface area contributed by atoms with E-state index in [0.29, 0.717) is 19.8 Å². The average molecular weight is 419 g/mol. The van der Waals surface area contributed by atoms with Gasteiger partial charge in [-0.15, -0.1) is 0 Å². The molecule has 158 valence electrons. The Bertz CT molecular complexity index is 930. The van der Waals surface area contributed by atoms with E-state index >= 15 is 0 Å². The van der Waals surface area contributed by atoms with Gasteiger partial charge in [-0.2, -0.15) is 0 Å². The SMILES string of the molecule is COc1c(C)cc(S(=O)(=O)NCC(c2cccc(C)c2)N2CCOCC2)cc1C. The maximum Gasteiger partial charge on any atom is 0.240 e. The molecule has 0 spiro atoms. The van der Waals surface area contributed by atoms with Gasteiger partial charge in [-0.1, -0.05) is 29.8 Å². The lowest BCUT2D eigenvalue weighted by molar-refractivity contribution is 0.0172. The highest BCUT2D eigenvalue weighted by atomic mass is 32.2. The van der Waals surface area contributed by atoms with Crippen LogP contribution in [0.1, 0.15) is 28.3 Å². The van der Waals surface area contributed by atoms with Gasteiger partial charge in [-0.3, -0.25) is 4.90 Å². The largest absolute Gasteiger partial charge is 0.496 e. The fraction of sp³-hybridized carbons (Fsp3) is 0.455. The summed E-state index contributed by atoms with van der Waals surface area (Å²) in [6.45, 7) is 8.94. The molecular weight excluding hydrogens is 388 g/mol. The van der Waals surface area contributed by atoms with Gasteiger partial charge in [-0.05, 0) is 49.6 Å². The molecule has 29 heavy (non-hydrogen) atoms. The maximum absolute atomic E-state index is 13.0. The van der Waals surface area contributed by atoms with Crippen LogP contribution in [0.4, 0.5) is 0 Å². The number of benzene rings is 2. The molecule has 2 aromatic rings. The summed E-state index contributed by atoms with van der Waals surface area (Å²) < 4.78 is 39.7. The summed E-state index contributed by atoms with van der Waals surface area (Å²) in [5.41, 5.74) is 3.87. The summed E-state index contributed by atoms with van der Waals surface area (Å²) in [5, 5.41) is 0. The van der Waals surface area contributed by atoms with Crippen LogP contribution in [-0.4, -0.2) is 53.3 Å².